The third-order valence-corrected chi connectivity index (χ3v) is 3.32. The molecule has 0 saturated heterocycles. The summed E-state index contributed by atoms with van der Waals surface area (Å²) in [5.74, 6) is 0.837. The molecule has 1 fully saturated rings. The van der Waals surface area contributed by atoms with Gasteiger partial charge in [0.2, 0.25) is 0 Å². The summed E-state index contributed by atoms with van der Waals surface area (Å²) in [4.78, 5) is 0. The van der Waals surface area contributed by atoms with Gasteiger partial charge < -0.3 is 0 Å². The maximum atomic E-state index is 2.36. The molecule has 0 heterocycles. The molecule has 0 bridgehead atoms. The van der Waals surface area contributed by atoms with E-state index >= 15 is 0 Å². The van der Waals surface area contributed by atoms with E-state index in [4.69, 9.17) is 0 Å². The molecule has 1 aromatic carbocycles. The van der Waals surface area contributed by atoms with E-state index in [0.717, 1.165) is 5.92 Å². The summed E-state index contributed by atoms with van der Waals surface area (Å²) in [5, 5.41) is 0. The fraction of sp³-hybridized carbons (Fsp3) is 0.500. The molecule has 0 N–H and O–H groups in total. The normalized spacial score (nSPS) is 18.4. The molecule has 2 rings (SSSR count). The van der Waals surface area contributed by atoms with Gasteiger partial charge in [-0.1, -0.05) is 50.5 Å². The van der Waals surface area contributed by atoms with E-state index in [1.54, 1.807) is 5.56 Å². The molecule has 1 aliphatic rings. The molecule has 0 aromatic heterocycles. The Bertz CT molecular complexity index is 282. The maximum Gasteiger partial charge on any atom is -0.0124 e. The fourth-order valence-corrected chi connectivity index (χ4v) is 2.43. The first-order chi connectivity index (χ1) is 6.90. The molecule has 1 aliphatic carbocycles. The average Bonchev–Trinajstić information content (AvgIpc) is 2.30. The Kier molecular flexibility index (Phi) is 3.23. The highest BCUT2D eigenvalue weighted by molar-refractivity contribution is 5.30. The van der Waals surface area contributed by atoms with Crippen LogP contribution in [0.1, 0.15) is 56.1 Å². The Morgan fingerprint density at radius 2 is 1.93 bits per heavy atom. The predicted molar refractivity (Wildman–Crippen MR) is 61.3 cm³/mol. The zero-order valence-corrected chi connectivity index (χ0v) is 9.00. The fourth-order valence-electron chi connectivity index (χ4n) is 2.43. The molecule has 0 atom stereocenters. The Labute approximate surface area is 87.3 Å². The highest BCUT2D eigenvalue weighted by atomic mass is 14.2. The van der Waals surface area contributed by atoms with Crippen molar-refractivity contribution in [2.24, 2.45) is 0 Å². The van der Waals surface area contributed by atoms with Gasteiger partial charge in [-0.3, -0.25) is 0 Å². The van der Waals surface area contributed by atoms with Gasteiger partial charge in [-0.15, -0.1) is 0 Å². The smallest absolute Gasteiger partial charge is 0.0124 e. The number of rotatable bonds is 2. The lowest BCUT2D eigenvalue weighted by Crippen LogP contribution is -2.04. The molecule has 0 spiro atoms. The van der Waals surface area contributed by atoms with Crippen LogP contribution >= 0.6 is 0 Å². The van der Waals surface area contributed by atoms with Crippen molar-refractivity contribution >= 4 is 0 Å². The van der Waals surface area contributed by atoms with Crippen LogP contribution in [-0.4, -0.2) is 0 Å². The van der Waals surface area contributed by atoms with Crippen molar-refractivity contribution in [2.75, 3.05) is 0 Å². The lowest BCUT2D eigenvalue weighted by molar-refractivity contribution is 0.443. The van der Waals surface area contributed by atoms with Crippen molar-refractivity contribution < 1.29 is 0 Å². The van der Waals surface area contributed by atoms with Gasteiger partial charge in [0.05, 0.1) is 0 Å². The SMILES string of the molecule is C[CH]c1cccc(C2CCCCC2)c1. The van der Waals surface area contributed by atoms with Crippen molar-refractivity contribution in [3.8, 4) is 0 Å². The molecule has 0 heteroatoms. The monoisotopic (exact) mass is 187 g/mol. The van der Waals surface area contributed by atoms with Crippen LogP contribution in [0.15, 0.2) is 24.3 Å². The van der Waals surface area contributed by atoms with Crippen LogP contribution in [-0.2, 0) is 0 Å². The first kappa shape index (κ1) is 9.76. The summed E-state index contributed by atoms with van der Waals surface area (Å²) in [6, 6.07) is 9.03. The quantitative estimate of drug-likeness (QED) is 0.647. The zero-order valence-electron chi connectivity index (χ0n) is 9.00. The minimum absolute atomic E-state index is 0.837. The summed E-state index contributed by atoms with van der Waals surface area (Å²) < 4.78 is 0. The van der Waals surface area contributed by atoms with Crippen LogP contribution in [0, 0.1) is 6.42 Å². The second-order valence-corrected chi connectivity index (χ2v) is 4.29. The van der Waals surface area contributed by atoms with Crippen molar-refractivity contribution in [2.45, 2.75) is 44.9 Å². The molecule has 0 unspecified atom stereocenters. The second kappa shape index (κ2) is 4.63. The van der Waals surface area contributed by atoms with Gasteiger partial charge in [0, 0.05) is 0 Å². The van der Waals surface area contributed by atoms with Gasteiger partial charge in [-0.25, -0.2) is 0 Å². The van der Waals surface area contributed by atoms with Crippen LogP contribution in [0.2, 0.25) is 0 Å². The van der Waals surface area contributed by atoms with E-state index < -0.39 is 0 Å². The van der Waals surface area contributed by atoms with E-state index in [9.17, 15) is 0 Å². The summed E-state index contributed by atoms with van der Waals surface area (Å²) in [6.45, 7) is 2.11. The Morgan fingerprint density at radius 3 is 2.64 bits per heavy atom. The Morgan fingerprint density at radius 1 is 1.14 bits per heavy atom. The first-order valence-corrected chi connectivity index (χ1v) is 5.79. The van der Waals surface area contributed by atoms with Crippen LogP contribution in [0.4, 0.5) is 0 Å². The van der Waals surface area contributed by atoms with E-state index in [-0.39, 0.29) is 0 Å². The molecule has 0 aliphatic heterocycles. The largest absolute Gasteiger partial charge is 0.0617 e. The maximum absolute atomic E-state index is 2.36. The lowest BCUT2D eigenvalue weighted by Gasteiger charge is -2.22. The summed E-state index contributed by atoms with van der Waals surface area (Å²) >= 11 is 0. The standard InChI is InChI=1S/C14H19/c1-2-12-7-6-10-14(11-12)13-8-4-3-5-9-13/h2,6-7,10-11,13H,3-5,8-9H2,1H3. The summed E-state index contributed by atoms with van der Waals surface area (Å²) in [7, 11) is 0. The topological polar surface area (TPSA) is 0 Å². The zero-order chi connectivity index (χ0) is 9.80. The van der Waals surface area contributed by atoms with Crippen molar-refractivity contribution in [1.82, 2.24) is 0 Å². The highest BCUT2D eigenvalue weighted by Gasteiger charge is 2.15. The van der Waals surface area contributed by atoms with Gasteiger partial charge in [-0.05, 0) is 36.3 Å². The molecular formula is C14H19. The molecule has 14 heavy (non-hydrogen) atoms. The van der Waals surface area contributed by atoms with Gasteiger partial charge in [0.1, 0.15) is 0 Å². The summed E-state index contributed by atoms with van der Waals surface area (Å²) in [5.41, 5.74) is 2.92. The molecule has 75 valence electrons. The predicted octanol–water partition coefficient (Wildman–Crippen LogP) is 4.31. The molecule has 1 saturated carbocycles. The number of benzene rings is 1. The second-order valence-electron chi connectivity index (χ2n) is 4.29. The third-order valence-electron chi connectivity index (χ3n) is 3.32. The van der Waals surface area contributed by atoms with Crippen LogP contribution < -0.4 is 0 Å². The Balaban J connectivity index is 2.13. The van der Waals surface area contributed by atoms with E-state index in [1.165, 1.54) is 37.7 Å². The third kappa shape index (κ3) is 2.17. The number of hydrogen-bond acceptors (Lipinski definition) is 0. The van der Waals surface area contributed by atoms with Gasteiger partial charge >= 0.3 is 0 Å². The van der Waals surface area contributed by atoms with Crippen LogP contribution in [0.5, 0.6) is 0 Å². The van der Waals surface area contributed by atoms with Crippen molar-refractivity contribution in [3.05, 3.63) is 41.8 Å². The average molecular weight is 187 g/mol. The highest BCUT2D eigenvalue weighted by Crippen LogP contribution is 2.32. The molecule has 0 amide bonds. The van der Waals surface area contributed by atoms with E-state index in [0.29, 0.717) is 0 Å². The van der Waals surface area contributed by atoms with E-state index in [2.05, 4.69) is 37.6 Å². The Hall–Kier alpha value is -0.780. The lowest BCUT2D eigenvalue weighted by atomic mass is 9.83. The first-order valence-electron chi connectivity index (χ1n) is 5.79. The molecular weight excluding hydrogens is 168 g/mol. The molecule has 0 nitrogen and oxygen atoms in total. The minimum Gasteiger partial charge on any atom is -0.0617 e. The summed E-state index contributed by atoms with van der Waals surface area (Å²) in [6.07, 6.45) is 9.26. The van der Waals surface area contributed by atoms with Crippen molar-refractivity contribution in [1.29, 1.82) is 0 Å². The van der Waals surface area contributed by atoms with Crippen LogP contribution in [0.3, 0.4) is 0 Å². The van der Waals surface area contributed by atoms with Crippen LogP contribution in [0.25, 0.3) is 0 Å². The molecule has 1 aromatic rings. The minimum atomic E-state index is 0.837. The number of hydrogen-bond donors (Lipinski definition) is 0. The van der Waals surface area contributed by atoms with E-state index in [1.807, 2.05) is 0 Å². The van der Waals surface area contributed by atoms with Gasteiger partial charge in [0.25, 0.3) is 0 Å². The van der Waals surface area contributed by atoms with Crippen molar-refractivity contribution in [3.63, 3.8) is 0 Å². The molecule has 1 radical (unpaired) electrons. The van der Waals surface area contributed by atoms with Gasteiger partial charge in [-0.2, -0.15) is 0 Å². The van der Waals surface area contributed by atoms with Gasteiger partial charge in [0.15, 0.2) is 0 Å².